The van der Waals surface area contributed by atoms with Crippen LogP contribution in [0.2, 0.25) is 0 Å². The molecule has 9 heteroatoms. The number of carbonyl (C=O) groups excluding carboxylic acids is 2. The standard InChI is InChI=1S/C20H27N5O2S2/c1-13(2)21-17(26)12-28-20-23-22-19(29-20)25-7-5-24(6-8-25)18(27)16-10-14(3)9-15(4)11-16/h9-11,13H,5-8,12H2,1-4H3,(H,21,26). The number of nitrogens with zero attached hydrogens (tertiary/aromatic N) is 4. The minimum absolute atomic E-state index is 0.000243. The second kappa shape index (κ2) is 9.58. The van der Waals surface area contributed by atoms with Crippen molar-refractivity contribution in [2.75, 3.05) is 36.8 Å². The van der Waals surface area contributed by atoms with Crippen LogP contribution in [-0.2, 0) is 4.79 Å². The summed E-state index contributed by atoms with van der Waals surface area (Å²) in [6, 6.07) is 6.11. The highest BCUT2D eigenvalue weighted by atomic mass is 32.2. The van der Waals surface area contributed by atoms with Crippen LogP contribution in [0.4, 0.5) is 5.13 Å². The third-order valence-electron chi connectivity index (χ3n) is 4.48. The van der Waals surface area contributed by atoms with E-state index in [1.807, 2.05) is 44.7 Å². The summed E-state index contributed by atoms with van der Waals surface area (Å²) in [7, 11) is 0. The molecule has 1 aromatic heterocycles. The molecule has 0 atom stereocenters. The van der Waals surface area contributed by atoms with Gasteiger partial charge in [-0.05, 0) is 39.8 Å². The summed E-state index contributed by atoms with van der Waals surface area (Å²) in [5.74, 6) is 0.423. The van der Waals surface area contributed by atoms with Crippen LogP contribution in [0.3, 0.4) is 0 Å². The number of piperazine rings is 1. The van der Waals surface area contributed by atoms with Crippen LogP contribution in [-0.4, -0.2) is 64.9 Å². The van der Waals surface area contributed by atoms with Gasteiger partial charge in [-0.15, -0.1) is 10.2 Å². The highest BCUT2D eigenvalue weighted by Crippen LogP contribution is 2.28. The lowest BCUT2D eigenvalue weighted by molar-refractivity contribution is -0.119. The summed E-state index contributed by atoms with van der Waals surface area (Å²) in [6.07, 6.45) is 0. The monoisotopic (exact) mass is 433 g/mol. The number of aromatic nitrogens is 2. The average Bonchev–Trinajstić information content (AvgIpc) is 3.14. The van der Waals surface area contributed by atoms with Crippen molar-refractivity contribution in [3.63, 3.8) is 0 Å². The fourth-order valence-corrected chi connectivity index (χ4v) is 4.96. The van der Waals surface area contributed by atoms with Crippen molar-refractivity contribution in [2.24, 2.45) is 0 Å². The van der Waals surface area contributed by atoms with Gasteiger partial charge in [0.1, 0.15) is 0 Å². The van der Waals surface area contributed by atoms with Crippen molar-refractivity contribution in [1.29, 1.82) is 0 Å². The zero-order chi connectivity index (χ0) is 21.0. The van der Waals surface area contributed by atoms with Crippen molar-refractivity contribution in [3.8, 4) is 0 Å². The number of benzene rings is 1. The molecule has 1 saturated heterocycles. The summed E-state index contributed by atoms with van der Waals surface area (Å²) < 4.78 is 0.785. The molecule has 7 nitrogen and oxygen atoms in total. The van der Waals surface area contributed by atoms with Crippen molar-refractivity contribution in [1.82, 2.24) is 20.4 Å². The van der Waals surface area contributed by atoms with Crippen LogP contribution < -0.4 is 10.2 Å². The molecule has 2 amide bonds. The Labute approximate surface area is 179 Å². The fraction of sp³-hybridized carbons (Fsp3) is 0.500. The van der Waals surface area contributed by atoms with Gasteiger partial charge in [0, 0.05) is 37.8 Å². The number of rotatable bonds is 6. The molecule has 0 aliphatic carbocycles. The van der Waals surface area contributed by atoms with Gasteiger partial charge in [-0.3, -0.25) is 9.59 Å². The Bertz CT molecular complexity index is 855. The fourth-order valence-electron chi connectivity index (χ4n) is 3.26. The van der Waals surface area contributed by atoms with Crippen LogP contribution in [0, 0.1) is 13.8 Å². The first-order valence-corrected chi connectivity index (χ1v) is 11.5. The molecule has 2 heterocycles. The van der Waals surface area contributed by atoms with E-state index in [1.165, 1.54) is 23.1 Å². The number of anilines is 1. The highest BCUT2D eigenvalue weighted by molar-refractivity contribution is 8.01. The molecule has 0 radical (unpaired) electrons. The lowest BCUT2D eigenvalue weighted by Gasteiger charge is -2.34. The smallest absolute Gasteiger partial charge is 0.253 e. The summed E-state index contributed by atoms with van der Waals surface area (Å²) in [6.45, 7) is 10.7. The number of hydrogen-bond acceptors (Lipinski definition) is 7. The Morgan fingerprint density at radius 3 is 2.38 bits per heavy atom. The van der Waals surface area contributed by atoms with Gasteiger partial charge in [0.2, 0.25) is 11.0 Å². The number of aryl methyl sites for hydroxylation is 2. The average molecular weight is 434 g/mol. The van der Waals surface area contributed by atoms with E-state index in [2.05, 4.69) is 26.5 Å². The first-order chi connectivity index (χ1) is 13.8. The summed E-state index contributed by atoms with van der Waals surface area (Å²) in [5.41, 5.74) is 2.96. The Morgan fingerprint density at radius 2 is 1.76 bits per heavy atom. The maximum atomic E-state index is 12.8. The Balaban J connectivity index is 1.52. The molecule has 1 aliphatic rings. The van der Waals surface area contributed by atoms with Crippen LogP contribution in [0.5, 0.6) is 0 Å². The largest absolute Gasteiger partial charge is 0.353 e. The number of carbonyl (C=O) groups is 2. The lowest BCUT2D eigenvalue weighted by atomic mass is 10.1. The molecule has 1 fully saturated rings. The topological polar surface area (TPSA) is 78.4 Å². The highest BCUT2D eigenvalue weighted by Gasteiger charge is 2.24. The van der Waals surface area contributed by atoms with Crippen LogP contribution in [0.1, 0.15) is 35.3 Å². The first-order valence-electron chi connectivity index (χ1n) is 9.70. The van der Waals surface area contributed by atoms with E-state index in [-0.39, 0.29) is 17.9 Å². The zero-order valence-electron chi connectivity index (χ0n) is 17.3. The molecule has 156 valence electrons. The molecule has 1 N–H and O–H groups in total. The molecule has 1 aromatic carbocycles. The van der Waals surface area contributed by atoms with Gasteiger partial charge in [0.25, 0.3) is 5.91 Å². The summed E-state index contributed by atoms with van der Waals surface area (Å²) in [4.78, 5) is 28.6. The van der Waals surface area contributed by atoms with Crippen LogP contribution >= 0.6 is 23.1 Å². The molecule has 29 heavy (non-hydrogen) atoms. The van der Waals surface area contributed by atoms with E-state index in [1.54, 1.807) is 0 Å². The normalized spacial score (nSPS) is 14.4. The Kier molecular flexibility index (Phi) is 7.13. The SMILES string of the molecule is Cc1cc(C)cc(C(=O)N2CCN(c3nnc(SCC(=O)NC(C)C)s3)CC2)c1. The van der Waals surface area contributed by atoms with E-state index in [0.29, 0.717) is 18.8 Å². The molecule has 0 saturated carbocycles. The van der Waals surface area contributed by atoms with E-state index in [4.69, 9.17) is 0 Å². The van der Waals surface area contributed by atoms with Crippen molar-refractivity contribution < 1.29 is 9.59 Å². The minimum Gasteiger partial charge on any atom is -0.353 e. The summed E-state index contributed by atoms with van der Waals surface area (Å²) in [5, 5.41) is 12.2. The number of hydrogen-bond donors (Lipinski definition) is 1. The van der Waals surface area contributed by atoms with Gasteiger partial charge in [-0.25, -0.2) is 0 Å². The molecule has 3 rings (SSSR count). The van der Waals surface area contributed by atoms with Crippen LogP contribution in [0.25, 0.3) is 0 Å². The van der Waals surface area contributed by atoms with E-state index in [9.17, 15) is 9.59 Å². The predicted molar refractivity (Wildman–Crippen MR) is 118 cm³/mol. The molecule has 1 aliphatic heterocycles. The van der Waals surface area contributed by atoms with E-state index in [0.717, 1.165) is 39.3 Å². The molecular weight excluding hydrogens is 406 g/mol. The second-order valence-corrected chi connectivity index (χ2v) is 9.70. The molecule has 0 spiro atoms. The van der Waals surface area contributed by atoms with Crippen molar-refractivity contribution in [2.45, 2.75) is 38.1 Å². The van der Waals surface area contributed by atoms with Gasteiger partial charge in [0.05, 0.1) is 5.75 Å². The third kappa shape index (κ3) is 5.93. The van der Waals surface area contributed by atoms with Gasteiger partial charge in [-0.1, -0.05) is 40.3 Å². The van der Waals surface area contributed by atoms with E-state index < -0.39 is 0 Å². The molecular formula is C20H27N5O2S2. The van der Waals surface area contributed by atoms with Crippen molar-refractivity contribution in [3.05, 3.63) is 34.9 Å². The Hall–Kier alpha value is -2.13. The number of amides is 2. The predicted octanol–water partition coefficient (Wildman–Crippen LogP) is 2.73. The van der Waals surface area contributed by atoms with Gasteiger partial charge >= 0.3 is 0 Å². The molecule has 2 aromatic rings. The van der Waals surface area contributed by atoms with Crippen molar-refractivity contribution >= 4 is 40.0 Å². The lowest BCUT2D eigenvalue weighted by Crippen LogP contribution is -2.48. The van der Waals surface area contributed by atoms with Gasteiger partial charge in [0.15, 0.2) is 4.34 Å². The first kappa shape index (κ1) is 21.6. The Morgan fingerprint density at radius 1 is 1.10 bits per heavy atom. The second-order valence-electron chi connectivity index (χ2n) is 7.52. The number of thioether (sulfide) groups is 1. The maximum Gasteiger partial charge on any atom is 0.253 e. The molecule has 0 bridgehead atoms. The quantitative estimate of drug-likeness (QED) is 0.706. The van der Waals surface area contributed by atoms with Gasteiger partial charge in [-0.2, -0.15) is 0 Å². The zero-order valence-corrected chi connectivity index (χ0v) is 18.9. The minimum atomic E-state index is 0.000243. The molecule has 0 unspecified atom stereocenters. The maximum absolute atomic E-state index is 12.8. The third-order valence-corrected chi connectivity index (χ3v) is 6.60. The van der Waals surface area contributed by atoms with Gasteiger partial charge < -0.3 is 15.1 Å². The van der Waals surface area contributed by atoms with Crippen LogP contribution in [0.15, 0.2) is 22.5 Å². The summed E-state index contributed by atoms with van der Waals surface area (Å²) >= 11 is 2.90. The van der Waals surface area contributed by atoms with E-state index >= 15 is 0 Å². The number of nitrogens with one attached hydrogen (secondary N) is 1.